The number of imidazole rings is 1. The highest BCUT2D eigenvalue weighted by Gasteiger charge is 2.22. The van der Waals surface area contributed by atoms with Gasteiger partial charge in [0.1, 0.15) is 11.6 Å². The minimum atomic E-state index is 0.693. The smallest absolute Gasteiger partial charge is 0.118 e. The maximum atomic E-state index is 5.26. The molecule has 2 aromatic carbocycles. The molecule has 1 aliphatic heterocycles. The number of para-hydroxylation sites is 2. The number of benzene rings is 2. The molecule has 4 aromatic rings. The number of piperidine rings is 1. The van der Waals surface area contributed by atoms with Crippen LogP contribution in [0.4, 0.5) is 0 Å². The summed E-state index contributed by atoms with van der Waals surface area (Å²) in [7, 11) is 1.72. The molecule has 0 bridgehead atoms. The number of hydrogen-bond donors (Lipinski definition) is 0. The predicted molar refractivity (Wildman–Crippen MR) is 131 cm³/mol. The van der Waals surface area contributed by atoms with Crippen LogP contribution in [0, 0.1) is 5.92 Å². The Labute approximate surface area is 193 Å². The molecule has 2 aromatic heterocycles. The molecule has 0 atom stereocenters. The molecule has 6 heteroatoms. The van der Waals surface area contributed by atoms with Gasteiger partial charge in [-0.25, -0.2) is 9.97 Å². The van der Waals surface area contributed by atoms with Crippen molar-refractivity contribution in [1.29, 1.82) is 0 Å². The van der Waals surface area contributed by atoms with Gasteiger partial charge in [-0.15, -0.1) is 11.3 Å². The van der Waals surface area contributed by atoms with Gasteiger partial charge in [0.25, 0.3) is 0 Å². The van der Waals surface area contributed by atoms with E-state index in [-0.39, 0.29) is 0 Å². The molecule has 32 heavy (non-hydrogen) atoms. The molecule has 0 amide bonds. The summed E-state index contributed by atoms with van der Waals surface area (Å²) in [5, 5.41) is 2.14. The average Bonchev–Trinajstić information content (AvgIpc) is 3.47. The number of hydrogen-bond acceptors (Lipinski definition) is 5. The second kappa shape index (κ2) is 9.84. The van der Waals surface area contributed by atoms with Gasteiger partial charge in [0.15, 0.2) is 0 Å². The minimum Gasteiger partial charge on any atom is -0.497 e. The minimum absolute atomic E-state index is 0.693. The van der Waals surface area contributed by atoms with Crippen molar-refractivity contribution in [2.24, 2.45) is 5.92 Å². The maximum absolute atomic E-state index is 5.26. The van der Waals surface area contributed by atoms with Gasteiger partial charge >= 0.3 is 0 Å². The van der Waals surface area contributed by atoms with E-state index in [4.69, 9.17) is 9.72 Å². The summed E-state index contributed by atoms with van der Waals surface area (Å²) < 4.78 is 7.64. The second-order valence-corrected chi connectivity index (χ2v) is 9.39. The highest BCUT2D eigenvalue weighted by molar-refractivity contribution is 7.07. The van der Waals surface area contributed by atoms with Gasteiger partial charge in [-0.05, 0) is 68.1 Å². The summed E-state index contributed by atoms with van der Waals surface area (Å²) in [6.07, 6.45) is 4.62. The Hall–Kier alpha value is -2.70. The fourth-order valence-corrected chi connectivity index (χ4v) is 5.24. The molecule has 1 saturated heterocycles. The van der Waals surface area contributed by atoms with E-state index in [0.29, 0.717) is 5.92 Å². The lowest BCUT2D eigenvalue weighted by Crippen LogP contribution is -2.36. The molecule has 3 heterocycles. The molecule has 0 unspecified atom stereocenters. The lowest BCUT2D eigenvalue weighted by Gasteiger charge is -2.32. The zero-order chi connectivity index (χ0) is 21.8. The first-order chi connectivity index (χ1) is 15.8. The van der Waals surface area contributed by atoms with Crippen LogP contribution in [0.3, 0.4) is 0 Å². The number of nitrogens with zero attached hydrogens (tertiary/aromatic N) is 4. The average molecular weight is 447 g/mol. The molecule has 0 spiro atoms. The molecule has 0 saturated carbocycles. The molecular formula is C26H30N4OS. The monoisotopic (exact) mass is 446 g/mol. The standard InChI is InChI=1S/C26H30N4OS/c1-31-23-8-6-20(7-9-23)10-13-29-14-11-21(12-15-29)16-26-28-24-4-2-3-5-25(24)30(26)17-22-18-32-19-27-22/h2-9,18-19,21H,10-17H2,1H3. The topological polar surface area (TPSA) is 43.2 Å². The van der Waals surface area contributed by atoms with Crippen LogP contribution >= 0.6 is 11.3 Å². The van der Waals surface area contributed by atoms with E-state index in [1.54, 1.807) is 18.4 Å². The first-order valence-electron chi connectivity index (χ1n) is 11.4. The lowest BCUT2D eigenvalue weighted by atomic mass is 9.93. The fraction of sp³-hybridized carbons (Fsp3) is 0.385. The number of rotatable bonds is 8. The number of aromatic nitrogens is 3. The van der Waals surface area contributed by atoms with Crippen LogP contribution in [0.1, 0.15) is 29.9 Å². The first kappa shape index (κ1) is 21.2. The summed E-state index contributed by atoms with van der Waals surface area (Å²) in [4.78, 5) is 12.1. The summed E-state index contributed by atoms with van der Waals surface area (Å²) >= 11 is 1.66. The Kier molecular flexibility index (Phi) is 6.51. The Morgan fingerprint density at radius 1 is 1.06 bits per heavy atom. The molecule has 166 valence electrons. The van der Waals surface area contributed by atoms with E-state index in [1.165, 1.54) is 42.8 Å². The van der Waals surface area contributed by atoms with Crippen molar-refractivity contribution >= 4 is 22.4 Å². The van der Waals surface area contributed by atoms with Crippen molar-refractivity contribution in [2.45, 2.75) is 32.2 Å². The Morgan fingerprint density at radius 3 is 2.62 bits per heavy atom. The van der Waals surface area contributed by atoms with E-state index in [0.717, 1.165) is 42.9 Å². The summed E-state index contributed by atoms with van der Waals surface area (Å²) in [6, 6.07) is 17.0. The van der Waals surface area contributed by atoms with E-state index >= 15 is 0 Å². The first-order valence-corrected chi connectivity index (χ1v) is 12.4. The Morgan fingerprint density at radius 2 is 1.88 bits per heavy atom. The molecule has 1 fully saturated rings. The van der Waals surface area contributed by atoms with Gasteiger partial charge in [0.05, 0.1) is 35.9 Å². The van der Waals surface area contributed by atoms with Gasteiger partial charge in [-0.2, -0.15) is 0 Å². The van der Waals surface area contributed by atoms with Gasteiger partial charge in [-0.3, -0.25) is 0 Å². The summed E-state index contributed by atoms with van der Waals surface area (Å²) in [6.45, 7) is 4.28. The SMILES string of the molecule is COc1ccc(CCN2CCC(Cc3nc4ccccc4n3Cc3cscn3)CC2)cc1. The number of ether oxygens (including phenoxy) is 1. The molecule has 1 aliphatic rings. The van der Waals surface area contributed by atoms with Crippen LogP contribution < -0.4 is 4.74 Å². The van der Waals surface area contributed by atoms with Crippen molar-refractivity contribution in [3.63, 3.8) is 0 Å². The van der Waals surface area contributed by atoms with Crippen LogP contribution in [-0.2, 0) is 19.4 Å². The third-order valence-corrected chi connectivity index (χ3v) is 7.23. The Bertz CT molecular complexity index is 1130. The van der Waals surface area contributed by atoms with Gasteiger partial charge < -0.3 is 14.2 Å². The molecule has 5 nitrogen and oxygen atoms in total. The van der Waals surface area contributed by atoms with E-state index in [1.807, 2.05) is 5.51 Å². The molecule has 0 N–H and O–H groups in total. The van der Waals surface area contributed by atoms with Crippen molar-refractivity contribution in [2.75, 3.05) is 26.7 Å². The molecular weight excluding hydrogens is 416 g/mol. The van der Waals surface area contributed by atoms with Crippen molar-refractivity contribution in [3.05, 3.63) is 76.5 Å². The van der Waals surface area contributed by atoms with Gasteiger partial charge in [-0.1, -0.05) is 24.3 Å². The zero-order valence-electron chi connectivity index (χ0n) is 18.6. The third-order valence-electron chi connectivity index (χ3n) is 6.59. The van der Waals surface area contributed by atoms with Crippen LogP contribution in [0.5, 0.6) is 5.75 Å². The number of methoxy groups -OCH3 is 1. The van der Waals surface area contributed by atoms with Crippen LogP contribution in [-0.4, -0.2) is 46.2 Å². The Balaban J connectivity index is 1.19. The molecule has 5 rings (SSSR count). The maximum Gasteiger partial charge on any atom is 0.118 e. The predicted octanol–water partition coefficient (Wildman–Crippen LogP) is 5.05. The lowest BCUT2D eigenvalue weighted by molar-refractivity contribution is 0.184. The van der Waals surface area contributed by atoms with Crippen LogP contribution in [0.2, 0.25) is 0 Å². The van der Waals surface area contributed by atoms with Crippen molar-refractivity contribution < 1.29 is 4.74 Å². The largest absolute Gasteiger partial charge is 0.497 e. The normalized spacial score (nSPS) is 15.4. The van der Waals surface area contributed by atoms with E-state index in [9.17, 15) is 0 Å². The van der Waals surface area contributed by atoms with Gasteiger partial charge in [0.2, 0.25) is 0 Å². The molecule has 0 aliphatic carbocycles. The quantitative estimate of drug-likeness (QED) is 0.380. The fourth-order valence-electron chi connectivity index (χ4n) is 4.69. The summed E-state index contributed by atoms with van der Waals surface area (Å²) in [5.74, 6) is 2.82. The number of thiazole rings is 1. The van der Waals surface area contributed by atoms with Crippen molar-refractivity contribution in [1.82, 2.24) is 19.4 Å². The number of likely N-dealkylation sites (tertiary alicyclic amines) is 1. The van der Waals surface area contributed by atoms with Gasteiger partial charge in [0, 0.05) is 18.3 Å². The van der Waals surface area contributed by atoms with Crippen LogP contribution in [0.15, 0.2) is 59.4 Å². The van der Waals surface area contributed by atoms with Crippen molar-refractivity contribution in [3.8, 4) is 5.75 Å². The zero-order valence-corrected chi connectivity index (χ0v) is 19.4. The second-order valence-electron chi connectivity index (χ2n) is 8.67. The van der Waals surface area contributed by atoms with E-state index < -0.39 is 0 Å². The third kappa shape index (κ3) is 4.87. The summed E-state index contributed by atoms with van der Waals surface area (Å²) in [5.41, 5.74) is 6.72. The van der Waals surface area contributed by atoms with E-state index in [2.05, 4.69) is 68.4 Å². The molecule has 0 radical (unpaired) electrons. The van der Waals surface area contributed by atoms with Crippen LogP contribution in [0.25, 0.3) is 11.0 Å². The highest BCUT2D eigenvalue weighted by atomic mass is 32.1. The highest BCUT2D eigenvalue weighted by Crippen LogP contribution is 2.25. The number of fused-ring (bicyclic) bond motifs is 1.